The van der Waals surface area contributed by atoms with E-state index in [9.17, 15) is 25.0 Å². The molecule has 6 rings (SSSR count). The Hall–Kier alpha value is -6.89. The van der Waals surface area contributed by atoms with Crippen LogP contribution in [0.15, 0.2) is 140 Å². The molecule has 13 heteroatoms. The highest BCUT2D eigenvalue weighted by molar-refractivity contribution is 5.95. The lowest BCUT2D eigenvalue weighted by molar-refractivity contribution is -0.732. The zero-order chi connectivity index (χ0) is 34.2. The van der Waals surface area contributed by atoms with Crippen LogP contribution in [-0.4, -0.2) is 30.5 Å². The number of nitrogens with zero attached hydrogens (tertiary/aromatic N) is 6. The number of amides is 1. The molecule has 0 atom stereocenters. The first-order chi connectivity index (χ1) is 23.9. The summed E-state index contributed by atoms with van der Waals surface area (Å²) in [5, 5.41) is 29.1. The van der Waals surface area contributed by atoms with Gasteiger partial charge in [-0.25, -0.2) is 15.9 Å². The van der Waals surface area contributed by atoms with E-state index in [1.807, 2.05) is 91.0 Å². The van der Waals surface area contributed by atoms with Crippen LogP contribution in [0.3, 0.4) is 0 Å². The summed E-state index contributed by atoms with van der Waals surface area (Å²) < 4.78 is 3.48. The number of hydrazine groups is 1. The molecule has 0 saturated carbocycles. The fraction of sp³-hybridized carbons (Fsp3) is 0.0833. The number of non-ortho nitro benzene ring substituents is 2. The number of hydrogen-bond acceptors (Lipinski definition) is 8. The summed E-state index contributed by atoms with van der Waals surface area (Å²) in [6.07, 6.45) is 0. The molecule has 13 nitrogen and oxygen atoms in total. The van der Waals surface area contributed by atoms with Crippen molar-refractivity contribution in [3.8, 4) is 11.4 Å². The van der Waals surface area contributed by atoms with Gasteiger partial charge < -0.3 is 0 Å². The maximum absolute atomic E-state index is 14.0. The second-order valence-electron chi connectivity index (χ2n) is 11.0. The third kappa shape index (κ3) is 7.74. The largest absolute Gasteiger partial charge is 0.374 e. The maximum atomic E-state index is 14.0. The van der Waals surface area contributed by atoms with Gasteiger partial charge in [0, 0.05) is 29.8 Å². The van der Waals surface area contributed by atoms with Crippen LogP contribution in [0.25, 0.3) is 11.4 Å². The predicted molar refractivity (Wildman–Crippen MR) is 183 cm³/mol. The minimum absolute atomic E-state index is 0.0530. The first-order valence-corrected chi connectivity index (χ1v) is 15.3. The van der Waals surface area contributed by atoms with Gasteiger partial charge in [-0.3, -0.25) is 25.0 Å². The van der Waals surface area contributed by atoms with Crippen molar-refractivity contribution in [1.82, 2.24) is 14.8 Å². The summed E-state index contributed by atoms with van der Waals surface area (Å²) in [5.41, 5.74) is 10.1. The van der Waals surface area contributed by atoms with Crippen molar-refractivity contribution in [3.05, 3.63) is 182 Å². The van der Waals surface area contributed by atoms with Crippen LogP contribution in [0.5, 0.6) is 0 Å². The molecule has 5 aromatic carbocycles. The van der Waals surface area contributed by atoms with Gasteiger partial charge in [0.25, 0.3) is 17.3 Å². The van der Waals surface area contributed by atoms with Gasteiger partial charge in [-0.2, -0.15) is 0 Å². The minimum atomic E-state index is -0.519. The smallest absolute Gasteiger partial charge is 0.267 e. The Kier molecular flexibility index (Phi) is 9.61. The van der Waals surface area contributed by atoms with Crippen LogP contribution < -0.4 is 15.5 Å². The van der Waals surface area contributed by atoms with E-state index in [0.29, 0.717) is 24.5 Å². The lowest BCUT2D eigenvalue weighted by Gasteiger charge is -2.22. The van der Waals surface area contributed by atoms with Crippen molar-refractivity contribution in [3.63, 3.8) is 0 Å². The molecule has 0 unspecified atom stereocenters. The second-order valence-corrected chi connectivity index (χ2v) is 11.0. The van der Waals surface area contributed by atoms with E-state index in [2.05, 4.69) is 10.9 Å². The minimum Gasteiger partial charge on any atom is -0.267 e. The van der Waals surface area contributed by atoms with Crippen molar-refractivity contribution in [2.45, 2.75) is 19.6 Å². The predicted octanol–water partition coefficient (Wildman–Crippen LogP) is 6.12. The fourth-order valence-electron chi connectivity index (χ4n) is 5.22. The zero-order valence-electron chi connectivity index (χ0n) is 26.1. The zero-order valence-corrected chi connectivity index (χ0v) is 26.1. The van der Waals surface area contributed by atoms with Gasteiger partial charge in [0.15, 0.2) is 0 Å². The van der Waals surface area contributed by atoms with Gasteiger partial charge in [0.05, 0.1) is 28.5 Å². The number of nitro groups is 2. The van der Waals surface area contributed by atoms with E-state index in [1.165, 1.54) is 41.4 Å². The Morgan fingerprint density at radius 3 is 1.76 bits per heavy atom. The molecule has 0 radical (unpaired) electrons. The summed E-state index contributed by atoms with van der Waals surface area (Å²) >= 11 is 0. The SMILES string of the molecule is O=C(c1ccc([N+](=O)[O-])cc1)N(Cc1ccccc1)Nc1n[n+](Cc2ccccc2)c(-c2ccc([N+](=O)[O-])cc2)n1NCc1ccccc1. The maximum Gasteiger partial charge on any atom is 0.374 e. The fourth-order valence-corrected chi connectivity index (χ4v) is 5.22. The molecular weight excluding hydrogens is 624 g/mol. The average molecular weight is 656 g/mol. The Labute approximate surface area is 280 Å². The third-order valence-electron chi connectivity index (χ3n) is 7.67. The number of carbonyl (C=O) groups excluding carboxylic acids is 1. The van der Waals surface area contributed by atoms with Gasteiger partial charge in [-0.05, 0) is 46.1 Å². The van der Waals surface area contributed by atoms with Crippen molar-refractivity contribution < 1.29 is 19.3 Å². The monoisotopic (exact) mass is 655 g/mol. The molecule has 1 amide bonds. The Bertz CT molecular complexity index is 2060. The van der Waals surface area contributed by atoms with Gasteiger partial charge in [0.1, 0.15) is 6.54 Å². The van der Waals surface area contributed by atoms with Crippen molar-refractivity contribution in [2.75, 3.05) is 10.9 Å². The highest BCUT2D eigenvalue weighted by Crippen LogP contribution is 2.24. The van der Waals surface area contributed by atoms with Crippen LogP contribution in [0.2, 0.25) is 0 Å². The second kappa shape index (κ2) is 14.7. The molecule has 49 heavy (non-hydrogen) atoms. The Morgan fingerprint density at radius 1 is 0.694 bits per heavy atom. The van der Waals surface area contributed by atoms with E-state index < -0.39 is 15.8 Å². The number of aromatic nitrogens is 3. The number of carbonyl (C=O) groups is 1. The lowest BCUT2D eigenvalue weighted by Crippen LogP contribution is -2.40. The molecule has 0 bridgehead atoms. The molecular formula is C36H31N8O5+. The van der Waals surface area contributed by atoms with E-state index in [0.717, 1.165) is 16.7 Å². The van der Waals surface area contributed by atoms with Crippen LogP contribution in [0, 0.1) is 20.2 Å². The van der Waals surface area contributed by atoms with Crippen LogP contribution in [0.4, 0.5) is 17.3 Å². The summed E-state index contributed by atoms with van der Waals surface area (Å²) in [6, 6.07) is 40.4. The third-order valence-corrected chi connectivity index (χ3v) is 7.67. The highest BCUT2D eigenvalue weighted by Gasteiger charge is 2.31. The molecule has 0 saturated heterocycles. The number of nitrogens with one attached hydrogen (secondary N) is 2. The normalized spacial score (nSPS) is 10.7. The molecule has 0 spiro atoms. The molecule has 0 aliphatic heterocycles. The molecule has 6 aromatic rings. The Morgan fingerprint density at radius 2 is 1.20 bits per heavy atom. The molecule has 2 N–H and O–H groups in total. The summed E-state index contributed by atoms with van der Waals surface area (Å²) in [5.74, 6) is 0.383. The molecule has 1 aromatic heterocycles. The summed E-state index contributed by atoms with van der Waals surface area (Å²) in [7, 11) is 0. The van der Waals surface area contributed by atoms with E-state index >= 15 is 0 Å². The van der Waals surface area contributed by atoms with Gasteiger partial charge in [-0.15, -0.1) is 4.68 Å². The van der Waals surface area contributed by atoms with Gasteiger partial charge in [0.2, 0.25) is 0 Å². The number of nitro benzene ring substituents is 2. The summed E-state index contributed by atoms with van der Waals surface area (Å²) in [6.45, 7) is 0.858. The van der Waals surface area contributed by atoms with E-state index in [-0.39, 0.29) is 29.4 Å². The standard InChI is InChI=1S/C36H31N8O5/c45-35(31-18-22-33(23-19-31)44(48)49)41(26-29-14-8-3-9-15-29)39-36-38-40(25-28-12-6-2-7-13-28)34(30-16-20-32(21-17-30)43(46)47)42(36)37-24-27-10-4-1-5-11-27/h1-23,37H,24-26H2,(H,38,39)/q+1. The molecule has 0 aliphatic rings. The molecule has 0 aliphatic carbocycles. The number of benzene rings is 5. The van der Waals surface area contributed by atoms with E-state index in [1.54, 1.807) is 21.5 Å². The average Bonchev–Trinajstić information content (AvgIpc) is 3.47. The number of rotatable bonds is 13. The first kappa shape index (κ1) is 32.1. The van der Waals surface area contributed by atoms with Crippen molar-refractivity contribution in [2.24, 2.45) is 0 Å². The summed E-state index contributed by atoms with van der Waals surface area (Å²) in [4.78, 5) is 35.8. The molecule has 1 heterocycles. The Balaban J connectivity index is 1.47. The topological polar surface area (TPSA) is 152 Å². The molecule has 244 valence electrons. The lowest BCUT2D eigenvalue weighted by atomic mass is 10.1. The van der Waals surface area contributed by atoms with Crippen LogP contribution in [0.1, 0.15) is 27.0 Å². The van der Waals surface area contributed by atoms with Gasteiger partial charge >= 0.3 is 11.8 Å². The van der Waals surface area contributed by atoms with Crippen LogP contribution >= 0.6 is 0 Å². The number of hydrogen-bond donors (Lipinski definition) is 2. The molecule has 0 fully saturated rings. The van der Waals surface area contributed by atoms with E-state index in [4.69, 9.17) is 5.10 Å². The quantitative estimate of drug-likeness (QED) is 0.0858. The van der Waals surface area contributed by atoms with Gasteiger partial charge in [-0.1, -0.05) is 95.7 Å². The number of anilines is 1. The highest BCUT2D eigenvalue weighted by atomic mass is 16.6. The van der Waals surface area contributed by atoms with Crippen molar-refractivity contribution >= 4 is 23.2 Å². The van der Waals surface area contributed by atoms with Crippen molar-refractivity contribution in [1.29, 1.82) is 0 Å². The van der Waals surface area contributed by atoms with Crippen LogP contribution in [-0.2, 0) is 19.6 Å². The first-order valence-electron chi connectivity index (χ1n) is 15.3.